The van der Waals surface area contributed by atoms with Crippen LogP contribution in [0.2, 0.25) is 5.02 Å². The third-order valence-corrected chi connectivity index (χ3v) is 4.24. The van der Waals surface area contributed by atoms with E-state index in [9.17, 15) is 13.2 Å². The molecule has 0 spiro atoms. The molecule has 0 unspecified atom stereocenters. The summed E-state index contributed by atoms with van der Waals surface area (Å²) < 4.78 is 42.9. The maximum atomic E-state index is 12.5. The molecule has 0 radical (unpaired) electrons. The van der Waals surface area contributed by atoms with Crippen LogP contribution in [0.1, 0.15) is 11.5 Å². The Balaban J connectivity index is 1.67. The van der Waals surface area contributed by atoms with E-state index in [-0.39, 0.29) is 11.6 Å². The van der Waals surface area contributed by atoms with Crippen LogP contribution < -0.4 is 0 Å². The molecule has 2 heterocycles. The number of nitrogens with zero attached hydrogens (tertiary/aromatic N) is 3. The fourth-order valence-corrected chi connectivity index (χ4v) is 2.72. The fourth-order valence-electron chi connectivity index (χ4n) is 1.82. The molecule has 0 aliphatic heterocycles. The summed E-state index contributed by atoms with van der Waals surface area (Å²) in [6.45, 7) is 0. The monoisotopic (exact) mass is 371 g/mol. The van der Waals surface area contributed by atoms with Crippen molar-refractivity contribution in [2.75, 3.05) is 0 Å². The lowest BCUT2D eigenvalue weighted by Crippen LogP contribution is -2.05. The maximum absolute atomic E-state index is 12.5. The summed E-state index contributed by atoms with van der Waals surface area (Å²) in [7, 11) is 0. The quantitative estimate of drug-likeness (QED) is 0.597. The van der Waals surface area contributed by atoms with Crippen molar-refractivity contribution in [1.82, 2.24) is 15.2 Å². The number of aromatic nitrogens is 3. The molecule has 24 heavy (non-hydrogen) atoms. The zero-order valence-electron chi connectivity index (χ0n) is 11.9. The van der Waals surface area contributed by atoms with Gasteiger partial charge in [0.25, 0.3) is 0 Å². The smallest absolute Gasteiger partial charge is 0.417 e. The Hall–Kier alpha value is -2.06. The van der Waals surface area contributed by atoms with E-state index in [1.165, 1.54) is 17.8 Å². The number of rotatable bonds is 4. The maximum Gasteiger partial charge on any atom is 0.417 e. The first-order valence-corrected chi connectivity index (χ1v) is 8.03. The van der Waals surface area contributed by atoms with Gasteiger partial charge in [0.1, 0.15) is 0 Å². The van der Waals surface area contributed by atoms with Gasteiger partial charge in [0.05, 0.1) is 26.9 Å². The summed E-state index contributed by atoms with van der Waals surface area (Å²) in [4.78, 5) is 3.77. The summed E-state index contributed by atoms with van der Waals surface area (Å²) >= 11 is 7.26. The number of hydrogen-bond donors (Lipinski definition) is 0. The first kappa shape index (κ1) is 16.8. The average molecular weight is 372 g/mol. The zero-order valence-corrected chi connectivity index (χ0v) is 13.5. The molecule has 0 saturated carbocycles. The molecular weight excluding hydrogens is 363 g/mol. The third-order valence-electron chi connectivity index (χ3n) is 2.98. The van der Waals surface area contributed by atoms with Gasteiger partial charge >= 0.3 is 6.18 Å². The van der Waals surface area contributed by atoms with Gasteiger partial charge in [0, 0.05) is 6.20 Å². The van der Waals surface area contributed by atoms with Crippen LogP contribution in [0.15, 0.2) is 52.0 Å². The highest BCUT2D eigenvalue weighted by Crippen LogP contribution is 2.31. The van der Waals surface area contributed by atoms with Crippen LogP contribution in [-0.4, -0.2) is 15.2 Å². The van der Waals surface area contributed by atoms with Crippen LogP contribution in [0.4, 0.5) is 13.2 Å². The molecule has 3 aromatic rings. The Morgan fingerprint density at radius 1 is 1.08 bits per heavy atom. The lowest BCUT2D eigenvalue weighted by atomic mass is 10.2. The number of pyridine rings is 1. The van der Waals surface area contributed by atoms with Gasteiger partial charge in [0.15, 0.2) is 0 Å². The highest BCUT2D eigenvalue weighted by atomic mass is 35.5. The van der Waals surface area contributed by atoms with Crippen molar-refractivity contribution in [2.24, 2.45) is 0 Å². The molecule has 1 aromatic carbocycles. The molecule has 124 valence electrons. The first-order valence-electron chi connectivity index (χ1n) is 6.67. The Morgan fingerprint density at radius 3 is 2.54 bits per heavy atom. The van der Waals surface area contributed by atoms with E-state index in [0.717, 1.165) is 12.3 Å². The van der Waals surface area contributed by atoms with E-state index in [0.29, 0.717) is 21.5 Å². The number of alkyl halides is 3. The van der Waals surface area contributed by atoms with Crippen LogP contribution in [-0.2, 0) is 11.9 Å². The summed E-state index contributed by atoms with van der Waals surface area (Å²) in [5.41, 5.74) is -0.166. The predicted molar refractivity (Wildman–Crippen MR) is 83.5 cm³/mol. The normalized spacial score (nSPS) is 11.7. The minimum absolute atomic E-state index is 0.288. The topological polar surface area (TPSA) is 51.8 Å². The van der Waals surface area contributed by atoms with Gasteiger partial charge in [-0.3, -0.25) is 0 Å². The van der Waals surface area contributed by atoms with Crippen molar-refractivity contribution >= 4 is 23.4 Å². The second-order valence-corrected chi connectivity index (χ2v) is 6.06. The molecule has 0 fully saturated rings. The standard InChI is InChI=1S/C15H9ClF3N3OS/c16-11-4-2-1-3-10(11)14-22-21-12(23-14)8-24-13-6-5-9(7-20-13)15(17,18)19/h1-7H,8H2. The van der Waals surface area contributed by atoms with Gasteiger partial charge in [-0.1, -0.05) is 35.5 Å². The van der Waals surface area contributed by atoms with Crippen molar-refractivity contribution < 1.29 is 17.6 Å². The molecule has 2 aromatic heterocycles. The Morgan fingerprint density at radius 2 is 1.88 bits per heavy atom. The van der Waals surface area contributed by atoms with Crippen molar-refractivity contribution in [2.45, 2.75) is 17.0 Å². The summed E-state index contributed by atoms with van der Waals surface area (Å²) in [6.07, 6.45) is -3.60. The van der Waals surface area contributed by atoms with Crippen molar-refractivity contribution in [3.63, 3.8) is 0 Å². The molecule has 3 rings (SSSR count). The van der Waals surface area contributed by atoms with Crippen LogP contribution >= 0.6 is 23.4 Å². The van der Waals surface area contributed by atoms with Gasteiger partial charge in [-0.25, -0.2) is 4.98 Å². The highest BCUT2D eigenvalue weighted by molar-refractivity contribution is 7.98. The van der Waals surface area contributed by atoms with Gasteiger partial charge < -0.3 is 4.42 Å². The van der Waals surface area contributed by atoms with Gasteiger partial charge in [-0.05, 0) is 24.3 Å². The van der Waals surface area contributed by atoms with Crippen molar-refractivity contribution in [1.29, 1.82) is 0 Å². The molecule has 0 bridgehead atoms. The second kappa shape index (κ2) is 6.82. The lowest BCUT2D eigenvalue weighted by molar-refractivity contribution is -0.137. The third kappa shape index (κ3) is 3.88. The predicted octanol–water partition coefficient (Wildman–Crippen LogP) is 5.10. The molecule has 0 atom stereocenters. The van der Waals surface area contributed by atoms with E-state index in [4.69, 9.17) is 16.0 Å². The van der Waals surface area contributed by atoms with Crippen LogP contribution in [0.25, 0.3) is 11.5 Å². The molecule has 4 nitrogen and oxygen atoms in total. The Bertz CT molecular complexity index is 836. The largest absolute Gasteiger partial charge is 0.420 e. The fraction of sp³-hybridized carbons (Fsp3) is 0.133. The molecule has 0 amide bonds. The SMILES string of the molecule is FC(F)(F)c1ccc(SCc2nnc(-c3ccccc3Cl)o2)nc1. The molecule has 0 aliphatic carbocycles. The number of hydrogen-bond acceptors (Lipinski definition) is 5. The first-order chi connectivity index (χ1) is 11.4. The number of thioether (sulfide) groups is 1. The van der Waals surface area contributed by atoms with E-state index in [1.807, 2.05) is 0 Å². The van der Waals surface area contributed by atoms with E-state index in [2.05, 4.69) is 15.2 Å². The molecule has 0 N–H and O–H groups in total. The number of benzene rings is 1. The van der Waals surface area contributed by atoms with Crippen LogP contribution in [0.5, 0.6) is 0 Å². The zero-order chi connectivity index (χ0) is 17.2. The van der Waals surface area contributed by atoms with Crippen LogP contribution in [0.3, 0.4) is 0 Å². The van der Waals surface area contributed by atoms with Gasteiger partial charge in [-0.15, -0.1) is 10.2 Å². The highest BCUT2D eigenvalue weighted by Gasteiger charge is 2.30. The molecule has 9 heteroatoms. The minimum Gasteiger partial charge on any atom is -0.420 e. The van der Waals surface area contributed by atoms with Crippen molar-refractivity contribution in [3.8, 4) is 11.5 Å². The number of halogens is 4. The Kier molecular flexibility index (Phi) is 4.77. The van der Waals surface area contributed by atoms with Gasteiger partial charge in [-0.2, -0.15) is 13.2 Å². The summed E-state index contributed by atoms with van der Waals surface area (Å²) in [5, 5.41) is 8.75. The van der Waals surface area contributed by atoms with Crippen LogP contribution in [0, 0.1) is 0 Å². The lowest BCUT2D eigenvalue weighted by Gasteiger charge is -2.05. The molecule has 0 saturated heterocycles. The summed E-state index contributed by atoms with van der Waals surface area (Å²) in [5.74, 6) is 0.906. The molecular formula is C15H9ClF3N3OS. The van der Waals surface area contributed by atoms with E-state index in [1.54, 1.807) is 24.3 Å². The average Bonchev–Trinajstić information content (AvgIpc) is 3.02. The summed E-state index contributed by atoms with van der Waals surface area (Å²) in [6, 6.07) is 9.34. The Labute approximate surface area is 144 Å². The minimum atomic E-state index is -4.40. The van der Waals surface area contributed by atoms with E-state index < -0.39 is 11.7 Å². The molecule has 0 aliphatic rings. The second-order valence-electron chi connectivity index (χ2n) is 4.65. The van der Waals surface area contributed by atoms with Crippen molar-refractivity contribution in [3.05, 3.63) is 59.1 Å². The van der Waals surface area contributed by atoms with Gasteiger partial charge in [0.2, 0.25) is 11.8 Å². The van der Waals surface area contributed by atoms with E-state index >= 15 is 0 Å².